The zero-order chi connectivity index (χ0) is 45.2. The van der Waals surface area contributed by atoms with Crippen LogP contribution in [-0.2, 0) is 0 Å². The minimum Gasteiger partial charge on any atom is -0.355 e. The van der Waals surface area contributed by atoms with Crippen molar-refractivity contribution < 1.29 is 0 Å². The molecule has 0 aliphatic carbocycles. The molecule has 0 saturated heterocycles. The molecular formula is C60H48N2Si5. The minimum absolute atomic E-state index is 0.0308. The molecule has 0 aliphatic rings. The van der Waals surface area contributed by atoms with E-state index in [2.05, 4.69) is 284 Å². The lowest BCUT2D eigenvalue weighted by atomic mass is 10.2. The highest BCUT2D eigenvalue weighted by atomic mass is 28.3. The van der Waals surface area contributed by atoms with Crippen molar-refractivity contribution in [2.45, 2.75) is 0 Å². The van der Waals surface area contributed by atoms with E-state index in [9.17, 15) is 0 Å². The third-order valence-electron chi connectivity index (χ3n) is 12.2. The maximum absolute atomic E-state index is 7.28. The molecule has 2 N–H and O–H groups in total. The van der Waals surface area contributed by atoms with E-state index in [1.165, 1.54) is 73.6 Å². The summed E-state index contributed by atoms with van der Waals surface area (Å²) in [6, 6.07) is 104. The van der Waals surface area contributed by atoms with Crippen LogP contribution in [0.25, 0.3) is 0 Å². The number of nitrogens with zero attached hydrogens (tertiary/aromatic N) is 1. The number of hydrogen-bond donors (Lipinski definition) is 1. The molecule has 10 aromatic rings. The van der Waals surface area contributed by atoms with Gasteiger partial charge in [0, 0.05) is 11.4 Å². The Labute approximate surface area is 405 Å². The third-order valence-corrected chi connectivity index (χ3v) is 23.9. The van der Waals surface area contributed by atoms with Gasteiger partial charge in [0.05, 0.1) is 0 Å². The molecular weight excluding hydrogens is 889 g/mol. The van der Waals surface area contributed by atoms with Crippen LogP contribution in [0.15, 0.2) is 279 Å². The number of benzene rings is 10. The lowest BCUT2D eigenvalue weighted by Crippen LogP contribution is -2.59. The van der Waals surface area contributed by atoms with Crippen molar-refractivity contribution in [3.8, 4) is 0 Å². The standard InChI is InChI=1S/C60H48N2Si5/c61-63-62(57-43-41-55(64(47-25-9-1-10-26-47)48-27-11-2-12-28-48)45-59(57)66(51-33-17-5-18-34-51)52-35-19-6-20-36-52)58-44-42-56(65(49-29-13-3-14-30-49)50-31-15-4-16-32-50)46-60(58)67(53-37-21-7-22-38-53)54-39-23-8-24-40-54/h1-46H,61H2. The zero-order valence-electron chi connectivity index (χ0n) is 37.1. The fourth-order valence-corrected chi connectivity index (χ4v) is 21.1. The Kier molecular flexibility index (Phi) is 13.8. The van der Waals surface area contributed by atoms with Crippen LogP contribution in [0.2, 0.25) is 0 Å². The molecule has 0 fully saturated rings. The van der Waals surface area contributed by atoms with Crippen molar-refractivity contribution >= 4 is 119 Å². The molecule has 0 unspecified atom stereocenters. The monoisotopic (exact) mass is 936 g/mol. The second-order valence-electron chi connectivity index (χ2n) is 16.4. The summed E-state index contributed by atoms with van der Waals surface area (Å²) in [5.41, 5.74) is 2.34. The summed E-state index contributed by atoms with van der Waals surface area (Å²) in [6.45, 7) is 0. The fraction of sp³-hybridized carbons (Fsp3) is 0. The Balaban J connectivity index is 1.25. The average Bonchev–Trinajstić information content (AvgIpc) is 3.40. The summed E-state index contributed by atoms with van der Waals surface area (Å²) in [7, 11) is -5.97. The molecule has 0 heterocycles. The van der Waals surface area contributed by atoms with Crippen LogP contribution < -0.4 is 72.2 Å². The van der Waals surface area contributed by atoms with E-state index >= 15 is 0 Å². The molecule has 318 valence electrons. The molecule has 6 radical (unpaired) electrons. The summed E-state index contributed by atoms with van der Waals surface area (Å²) in [6.07, 6.45) is 0. The Morgan fingerprint density at radius 2 is 0.448 bits per heavy atom. The number of anilines is 2. The van der Waals surface area contributed by atoms with Gasteiger partial charge in [0.1, 0.15) is 0 Å². The first-order chi connectivity index (χ1) is 33.2. The molecule has 2 nitrogen and oxygen atoms in total. The van der Waals surface area contributed by atoms with Gasteiger partial charge < -0.3 is 9.96 Å². The van der Waals surface area contributed by atoms with E-state index < -0.39 is 35.2 Å². The SMILES string of the molecule is N[Si]N(c1ccc([Si](c2ccccc2)c2ccccc2)cc1[Si](c1ccccc1)c1ccccc1)c1ccc([Si](c2ccccc2)c2ccccc2)cc1[Si](c1ccccc1)c1ccccc1. The topological polar surface area (TPSA) is 29.3 Å². The Morgan fingerprint density at radius 1 is 0.239 bits per heavy atom. The van der Waals surface area contributed by atoms with Crippen LogP contribution in [0.5, 0.6) is 0 Å². The van der Waals surface area contributed by atoms with Gasteiger partial charge in [-0.1, -0.05) is 319 Å². The van der Waals surface area contributed by atoms with Crippen molar-refractivity contribution in [2.24, 2.45) is 5.40 Å². The molecule has 0 aliphatic heterocycles. The van der Waals surface area contributed by atoms with Crippen LogP contribution in [0.1, 0.15) is 0 Å². The Bertz CT molecular complexity index is 2740. The normalized spacial score (nSPS) is 11.4. The molecule has 0 aromatic heterocycles. The highest BCUT2D eigenvalue weighted by molar-refractivity contribution is 7.00. The van der Waals surface area contributed by atoms with Crippen LogP contribution in [0.3, 0.4) is 0 Å². The van der Waals surface area contributed by atoms with E-state index in [1.54, 1.807) is 0 Å². The molecule has 10 rings (SSSR count). The fourth-order valence-electron chi connectivity index (χ4n) is 9.24. The van der Waals surface area contributed by atoms with Gasteiger partial charge >= 0.3 is 0 Å². The molecule has 7 heteroatoms. The van der Waals surface area contributed by atoms with Crippen LogP contribution >= 0.6 is 0 Å². The molecule has 0 atom stereocenters. The lowest BCUT2D eigenvalue weighted by molar-refractivity contribution is 1.41. The van der Waals surface area contributed by atoms with E-state index in [1.807, 2.05) is 0 Å². The van der Waals surface area contributed by atoms with Gasteiger partial charge in [-0.05, 0) is 22.5 Å². The summed E-state index contributed by atoms with van der Waals surface area (Å²) >= 11 is 0. The minimum atomic E-state index is -1.58. The Morgan fingerprint density at radius 3 is 0.657 bits per heavy atom. The smallest absolute Gasteiger partial charge is 0.290 e. The molecule has 0 spiro atoms. The molecule has 0 bridgehead atoms. The lowest BCUT2D eigenvalue weighted by Gasteiger charge is -2.33. The summed E-state index contributed by atoms with van der Waals surface area (Å²) < 4.78 is 2.47. The van der Waals surface area contributed by atoms with Crippen molar-refractivity contribution in [2.75, 3.05) is 4.57 Å². The maximum Gasteiger partial charge on any atom is 0.290 e. The molecule has 0 amide bonds. The summed E-state index contributed by atoms with van der Waals surface area (Å²) in [5.74, 6) is 0. The van der Waals surface area contributed by atoms with Crippen molar-refractivity contribution in [1.82, 2.24) is 0 Å². The van der Waals surface area contributed by atoms with E-state index in [-0.39, 0.29) is 9.84 Å². The Hall–Kier alpha value is -6.96. The highest BCUT2D eigenvalue weighted by Crippen LogP contribution is 2.23. The van der Waals surface area contributed by atoms with Gasteiger partial charge in [0.15, 0.2) is 35.2 Å². The van der Waals surface area contributed by atoms with Gasteiger partial charge in [-0.2, -0.15) is 0 Å². The van der Waals surface area contributed by atoms with Gasteiger partial charge in [-0.25, -0.2) is 0 Å². The molecule has 10 aromatic carbocycles. The second kappa shape index (κ2) is 21.1. The van der Waals surface area contributed by atoms with Crippen molar-refractivity contribution in [3.05, 3.63) is 279 Å². The second-order valence-corrected chi connectivity index (χ2v) is 26.9. The van der Waals surface area contributed by atoms with Crippen molar-refractivity contribution in [3.63, 3.8) is 0 Å². The van der Waals surface area contributed by atoms with Crippen LogP contribution in [-0.4, -0.2) is 45.0 Å². The van der Waals surface area contributed by atoms with Gasteiger partial charge in [-0.15, -0.1) is 0 Å². The van der Waals surface area contributed by atoms with Gasteiger partial charge in [0.25, 0.3) is 9.84 Å². The number of rotatable bonds is 15. The summed E-state index contributed by atoms with van der Waals surface area (Å²) in [5, 5.41) is 23.5. The average molecular weight is 937 g/mol. The molecule has 0 saturated carbocycles. The van der Waals surface area contributed by atoms with Crippen LogP contribution in [0.4, 0.5) is 11.4 Å². The molecule has 67 heavy (non-hydrogen) atoms. The predicted molar refractivity (Wildman–Crippen MR) is 295 cm³/mol. The van der Waals surface area contributed by atoms with Crippen molar-refractivity contribution in [1.29, 1.82) is 0 Å². The van der Waals surface area contributed by atoms with E-state index in [0.717, 1.165) is 0 Å². The predicted octanol–water partition coefficient (Wildman–Crippen LogP) is 4.38. The highest BCUT2D eigenvalue weighted by Gasteiger charge is 2.32. The van der Waals surface area contributed by atoms with Crippen LogP contribution in [0, 0.1) is 0 Å². The third kappa shape index (κ3) is 9.66. The number of nitrogens with two attached hydrogens (primary N) is 1. The first-order valence-electron chi connectivity index (χ1n) is 22.7. The first kappa shape index (κ1) is 43.9. The zero-order valence-corrected chi connectivity index (χ0v) is 42.1. The van der Waals surface area contributed by atoms with Gasteiger partial charge in [-0.3, -0.25) is 0 Å². The van der Waals surface area contributed by atoms with Gasteiger partial charge in [0.2, 0.25) is 0 Å². The quantitative estimate of drug-likeness (QED) is 0.122. The number of hydrogen-bond acceptors (Lipinski definition) is 2. The van der Waals surface area contributed by atoms with E-state index in [4.69, 9.17) is 5.40 Å². The largest absolute Gasteiger partial charge is 0.355 e. The van der Waals surface area contributed by atoms with E-state index in [0.29, 0.717) is 0 Å². The first-order valence-corrected chi connectivity index (χ1v) is 29.7. The summed E-state index contributed by atoms with van der Waals surface area (Å²) in [4.78, 5) is 0. The maximum atomic E-state index is 7.28.